The van der Waals surface area contributed by atoms with E-state index in [1.54, 1.807) is 18.2 Å². The molecule has 0 spiro atoms. The van der Waals surface area contributed by atoms with Crippen molar-refractivity contribution in [2.75, 3.05) is 0 Å². The van der Waals surface area contributed by atoms with Gasteiger partial charge >= 0.3 is 6.18 Å². The summed E-state index contributed by atoms with van der Waals surface area (Å²) in [6, 6.07) is 13.3. The van der Waals surface area contributed by atoms with E-state index in [2.05, 4.69) is 0 Å². The van der Waals surface area contributed by atoms with Crippen LogP contribution in [-0.4, -0.2) is 0 Å². The van der Waals surface area contributed by atoms with Crippen molar-refractivity contribution in [3.8, 4) is 0 Å². The minimum Gasteiger partial charge on any atom is -0.459 e. The fourth-order valence-corrected chi connectivity index (χ4v) is 2.23. The summed E-state index contributed by atoms with van der Waals surface area (Å²) in [5.41, 5.74) is 6.34. The summed E-state index contributed by atoms with van der Waals surface area (Å²) in [6.45, 7) is 0. The second-order valence-electron chi connectivity index (χ2n) is 4.79. The Morgan fingerprint density at radius 3 is 2.43 bits per heavy atom. The molecule has 0 radical (unpaired) electrons. The quantitative estimate of drug-likeness (QED) is 0.755. The highest BCUT2D eigenvalue weighted by molar-refractivity contribution is 5.77. The molecule has 0 saturated carbocycles. The van der Waals surface area contributed by atoms with Crippen LogP contribution < -0.4 is 5.73 Å². The van der Waals surface area contributed by atoms with Gasteiger partial charge in [0.2, 0.25) is 0 Å². The van der Waals surface area contributed by atoms with Gasteiger partial charge in [0, 0.05) is 5.39 Å². The van der Waals surface area contributed by atoms with E-state index >= 15 is 0 Å². The van der Waals surface area contributed by atoms with E-state index < -0.39 is 17.8 Å². The summed E-state index contributed by atoms with van der Waals surface area (Å²) in [5, 5.41) is 0.870. The van der Waals surface area contributed by atoms with Gasteiger partial charge in [0.1, 0.15) is 11.3 Å². The second-order valence-corrected chi connectivity index (χ2v) is 4.79. The Bertz CT molecular complexity index is 743. The standard InChI is InChI=1S/C16H12F3NO/c17-16(18,19)12-6-3-5-11(8-12)15(20)14-9-10-4-1-2-7-13(10)21-14/h1-9,15H,20H2. The third-order valence-electron chi connectivity index (χ3n) is 3.32. The zero-order valence-electron chi connectivity index (χ0n) is 10.9. The van der Waals surface area contributed by atoms with Crippen molar-refractivity contribution in [3.63, 3.8) is 0 Å². The molecule has 3 aromatic rings. The van der Waals surface area contributed by atoms with Gasteiger partial charge in [-0.25, -0.2) is 0 Å². The average Bonchev–Trinajstić information content (AvgIpc) is 2.89. The van der Waals surface area contributed by atoms with E-state index in [0.29, 0.717) is 16.9 Å². The maximum Gasteiger partial charge on any atom is 0.416 e. The number of nitrogens with two attached hydrogens (primary N) is 1. The van der Waals surface area contributed by atoms with Crippen molar-refractivity contribution < 1.29 is 17.6 Å². The monoisotopic (exact) mass is 291 g/mol. The maximum absolute atomic E-state index is 12.7. The zero-order valence-corrected chi connectivity index (χ0v) is 10.9. The van der Waals surface area contributed by atoms with Crippen molar-refractivity contribution in [2.24, 2.45) is 5.73 Å². The zero-order chi connectivity index (χ0) is 15.0. The number of furan rings is 1. The van der Waals surface area contributed by atoms with E-state index in [4.69, 9.17) is 10.2 Å². The molecule has 5 heteroatoms. The lowest BCUT2D eigenvalue weighted by atomic mass is 10.0. The lowest BCUT2D eigenvalue weighted by Gasteiger charge is -2.12. The van der Waals surface area contributed by atoms with Crippen LogP contribution in [0.1, 0.15) is 22.9 Å². The Labute approximate surface area is 119 Å². The van der Waals surface area contributed by atoms with E-state index in [1.807, 2.05) is 18.2 Å². The number of rotatable bonds is 2. The Kier molecular flexibility index (Phi) is 3.22. The van der Waals surface area contributed by atoms with Crippen LogP contribution in [0.15, 0.2) is 59.0 Å². The molecule has 0 bridgehead atoms. The largest absolute Gasteiger partial charge is 0.459 e. The number of halogens is 3. The van der Waals surface area contributed by atoms with E-state index in [0.717, 1.165) is 17.5 Å². The summed E-state index contributed by atoms with van der Waals surface area (Å²) in [7, 11) is 0. The fourth-order valence-electron chi connectivity index (χ4n) is 2.23. The van der Waals surface area contributed by atoms with Crippen LogP contribution in [0, 0.1) is 0 Å². The van der Waals surface area contributed by atoms with Crippen LogP contribution in [-0.2, 0) is 6.18 Å². The van der Waals surface area contributed by atoms with Gasteiger partial charge in [0.05, 0.1) is 11.6 Å². The average molecular weight is 291 g/mol. The molecule has 2 N–H and O–H groups in total. The van der Waals surface area contributed by atoms with Gasteiger partial charge in [-0.1, -0.05) is 30.3 Å². The minimum atomic E-state index is -4.39. The maximum atomic E-state index is 12.7. The molecular formula is C16H12F3NO. The van der Waals surface area contributed by atoms with Gasteiger partial charge in [-0.05, 0) is 29.8 Å². The van der Waals surface area contributed by atoms with E-state index in [-0.39, 0.29) is 0 Å². The Morgan fingerprint density at radius 2 is 1.71 bits per heavy atom. The highest BCUT2D eigenvalue weighted by Gasteiger charge is 2.31. The van der Waals surface area contributed by atoms with Gasteiger partial charge < -0.3 is 10.2 Å². The first-order chi connectivity index (χ1) is 9.95. The molecule has 0 fully saturated rings. The van der Waals surface area contributed by atoms with E-state index in [9.17, 15) is 13.2 Å². The molecule has 0 aliphatic heterocycles. The predicted molar refractivity (Wildman–Crippen MR) is 73.7 cm³/mol. The molecule has 108 valence electrons. The van der Waals surface area contributed by atoms with Crippen LogP contribution in [0.3, 0.4) is 0 Å². The highest BCUT2D eigenvalue weighted by atomic mass is 19.4. The second kappa shape index (κ2) is 4.93. The number of hydrogen-bond donors (Lipinski definition) is 1. The third-order valence-corrected chi connectivity index (χ3v) is 3.32. The predicted octanol–water partition coefficient (Wildman–Crippen LogP) is 4.50. The first-order valence-electron chi connectivity index (χ1n) is 6.36. The summed E-state index contributed by atoms with van der Waals surface area (Å²) < 4.78 is 43.8. The lowest BCUT2D eigenvalue weighted by molar-refractivity contribution is -0.137. The van der Waals surface area contributed by atoms with Crippen molar-refractivity contribution in [3.05, 3.63) is 71.5 Å². The number of fused-ring (bicyclic) bond motifs is 1. The molecule has 21 heavy (non-hydrogen) atoms. The Morgan fingerprint density at radius 1 is 0.952 bits per heavy atom. The fraction of sp³-hybridized carbons (Fsp3) is 0.125. The Hall–Kier alpha value is -2.27. The molecule has 1 unspecified atom stereocenters. The normalized spacial score (nSPS) is 13.5. The van der Waals surface area contributed by atoms with Crippen molar-refractivity contribution in [2.45, 2.75) is 12.2 Å². The summed E-state index contributed by atoms with van der Waals surface area (Å²) in [4.78, 5) is 0. The van der Waals surface area contributed by atoms with Crippen molar-refractivity contribution in [1.29, 1.82) is 0 Å². The number of benzene rings is 2. The van der Waals surface area contributed by atoms with E-state index in [1.165, 1.54) is 6.07 Å². The molecule has 1 heterocycles. The van der Waals surface area contributed by atoms with Crippen molar-refractivity contribution >= 4 is 11.0 Å². The SMILES string of the molecule is NC(c1cccc(C(F)(F)F)c1)c1cc2ccccc2o1. The van der Waals surface area contributed by atoms with Crippen LogP contribution in [0.4, 0.5) is 13.2 Å². The molecule has 0 saturated heterocycles. The van der Waals surface area contributed by atoms with Crippen LogP contribution >= 0.6 is 0 Å². The third kappa shape index (κ3) is 2.64. The highest BCUT2D eigenvalue weighted by Crippen LogP contribution is 2.32. The molecule has 0 amide bonds. The molecule has 2 nitrogen and oxygen atoms in total. The van der Waals surface area contributed by atoms with Gasteiger partial charge in [-0.15, -0.1) is 0 Å². The molecule has 1 atom stereocenters. The smallest absolute Gasteiger partial charge is 0.416 e. The lowest BCUT2D eigenvalue weighted by Crippen LogP contribution is -2.13. The van der Waals surface area contributed by atoms with Gasteiger partial charge in [0.25, 0.3) is 0 Å². The van der Waals surface area contributed by atoms with Gasteiger partial charge in [-0.2, -0.15) is 13.2 Å². The summed E-state index contributed by atoms with van der Waals surface area (Å²) in [6.07, 6.45) is -4.39. The number of alkyl halides is 3. The molecule has 2 aromatic carbocycles. The van der Waals surface area contributed by atoms with Crippen LogP contribution in [0.2, 0.25) is 0 Å². The summed E-state index contributed by atoms with van der Waals surface area (Å²) in [5.74, 6) is 0.440. The van der Waals surface area contributed by atoms with Crippen LogP contribution in [0.5, 0.6) is 0 Å². The number of hydrogen-bond acceptors (Lipinski definition) is 2. The first-order valence-corrected chi connectivity index (χ1v) is 6.36. The number of para-hydroxylation sites is 1. The van der Waals surface area contributed by atoms with Crippen molar-refractivity contribution in [1.82, 2.24) is 0 Å². The topological polar surface area (TPSA) is 39.2 Å². The summed E-state index contributed by atoms with van der Waals surface area (Å²) >= 11 is 0. The Balaban J connectivity index is 1.99. The van der Waals surface area contributed by atoms with Gasteiger partial charge in [-0.3, -0.25) is 0 Å². The molecule has 0 aliphatic carbocycles. The molecular weight excluding hydrogens is 279 g/mol. The first kappa shape index (κ1) is 13.7. The molecule has 3 rings (SSSR count). The molecule has 0 aliphatic rings. The minimum absolute atomic E-state index is 0.365. The van der Waals surface area contributed by atoms with Gasteiger partial charge in [0.15, 0.2) is 0 Å². The van der Waals surface area contributed by atoms with Crippen LogP contribution in [0.25, 0.3) is 11.0 Å². The molecule has 1 aromatic heterocycles.